The third-order valence-electron chi connectivity index (χ3n) is 6.81. The van der Waals surface area contributed by atoms with E-state index in [4.69, 9.17) is 18.8 Å². The van der Waals surface area contributed by atoms with Crippen molar-refractivity contribution in [3.05, 3.63) is 94.8 Å². The van der Waals surface area contributed by atoms with E-state index in [0.717, 1.165) is 12.0 Å². The molecule has 1 aromatic heterocycles. The SMILES string of the molecule is [C-]#[N+]c1ccc(N2C(=O)C3(CCC3)N(c3ccc(CNC(=O)c4cccnc4)c(F)c3)C2=S)cc1C. The van der Waals surface area contributed by atoms with E-state index in [1.807, 2.05) is 6.92 Å². The number of nitrogens with one attached hydrogen (secondary N) is 1. The second kappa shape index (κ2) is 9.13. The van der Waals surface area contributed by atoms with Gasteiger partial charge < -0.3 is 10.2 Å². The molecular formula is C27H22FN5O2S. The molecule has 1 saturated carbocycles. The number of benzene rings is 2. The lowest BCUT2D eigenvalue weighted by atomic mass is 9.75. The van der Waals surface area contributed by atoms with Crippen LogP contribution in [0.5, 0.6) is 0 Å². The molecular weight excluding hydrogens is 477 g/mol. The summed E-state index contributed by atoms with van der Waals surface area (Å²) in [5.41, 5.74) is 2.22. The second-order valence-corrected chi connectivity index (χ2v) is 9.29. The Labute approximate surface area is 213 Å². The number of nitrogens with zero attached hydrogens (tertiary/aromatic N) is 4. The molecule has 1 aliphatic carbocycles. The molecule has 36 heavy (non-hydrogen) atoms. The topological polar surface area (TPSA) is 69.9 Å². The Balaban J connectivity index is 1.41. The lowest BCUT2D eigenvalue weighted by molar-refractivity contribution is -0.123. The van der Waals surface area contributed by atoms with Crippen LogP contribution in [0.4, 0.5) is 21.5 Å². The molecule has 5 rings (SSSR count). The summed E-state index contributed by atoms with van der Waals surface area (Å²) < 4.78 is 15.2. The van der Waals surface area contributed by atoms with Gasteiger partial charge in [-0.25, -0.2) is 9.24 Å². The number of carbonyl (C=O) groups is 2. The quantitative estimate of drug-likeness (QED) is 0.392. The Morgan fingerprint density at radius 1 is 1.22 bits per heavy atom. The van der Waals surface area contributed by atoms with E-state index in [-0.39, 0.29) is 23.5 Å². The molecule has 2 amide bonds. The highest BCUT2D eigenvalue weighted by atomic mass is 32.1. The van der Waals surface area contributed by atoms with Crippen LogP contribution >= 0.6 is 12.2 Å². The van der Waals surface area contributed by atoms with E-state index in [0.29, 0.717) is 41.0 Å². The van der Waals surface area contributed by atoms with Gasteiger partial charge in [0.2, 0.25) is 0 Å². The first-order chi connectivity index (χ1) is 17.4. The number of halogens is 1. The number of anilines is 2. The number of thiocarbonyl (C=S) groups is 1. The molecule has 9 heteroatoms. The number of amides is 2. The van der Waals surface area contributed by atoms with Gasteiger partial charge in [-0.05, 0) is 80.4 Å². The van der Waals surface area contributed by atoms with E-state index in [9.17, 15) is 9.59 Å². The van der Waals surface area contributed by atoms with Gasteiger partial charge in [0.25, 0.3) is 11.8 Å². The Kier molecular flexibility index (Phi) is 5.98. The maximum atomic E-state index is 15.2. The van der Waals surface area contributed by atoms with Gasteiger partial charge in [-0.15, -0.1) is 0 Å². The lowest BCUT2D eigenvalue weighted by Crippen LogP contribution is -2.55. The predicted octanol–water partition coefficient (Wildman–Crippen LogP) is 5.07. The smallest absolute Gasteiger partial charge is 0.259 e. The zero-order chi connectivity index (χ0) is 25.4. The average Bonchev–Trinajstić information content (AvgIpc) is 3.10. The molecule has 2 aromatic carbocycles. The maximum absolute atomic E-state index is 15.2. The Hall–Kier alpha value is -4.16. The largest absolute Gasteiger partial charge is 0.348 e. The first kappa shape index (κ1) is 23.6. The summed E-state index contributed by atoms with van der Waals surface area (Å²) in [6.07, 6.45) is 5.12. The third kappa shape index (κ3) is 3.80. The molecule has 2 heterocycles. The maximum Gasteiger partial charge on any atom is 0.259 e. The van der Waals surface area contributed by atoms with Crippen molar-refractivity contribution in [2.24, 2.45) is 0 Å². The highest BCUT2D eigenvalue weighted by molar-refractivity contribution is 7.81. The van der Waals surface area contributed by atoms with Gasteiger partial charge in [-0.3, -0.25) is 19.5 Å². The first-order valence-corrected chi connectivity index (χ1v) is 11.9. The molecule has 7 nitrogen and oxygen atoms in total. The Bertz CT molecular complexity index is 1430. The molecule has 3 aromatic rings. The highest BCUT2D eigenvalue weighted by Gasteiger charge is 2.59. The van der Waals surface area contributed by atoms with Crippen molar-refractivity contribution in [2.75, 3.05) is 9.80 Å². The molecule has 0 unspecified atom stereocenters. The van der Waals surface area contributed by atoms with Gasteiger partial charge in [0.1, 0.15) is 11.4 Å². The summed E-state index contributed by atoms with van der Waals surface area (Å²) in [6.45, 7) is 9.10. The van der Waals surface area contributed by atoms with Crippen molar-refractivity contribution in [3.8, 4) is 0 Å². The molecule has 0 atom stereocenters. The fraction of sp³-hybridized carbons (Fsp3) is 0.222. The van der Waals surface area contributed by atoms with E-state index in [2.05, 4.69) is 15.1 Å². The zero-order valence-corrected chi connectivity index (χ0v) is 20.3. The van der Waals surface area contributed by atoms with Crippen molar-refractivity contribution in [2.45, 2.75) is 38.3 Å². The Morgan fingerprint density at radius 3 is 2.61 bits per heavy atom. The van der Waals surface area contributed by atoms with Crippen LogP contribution in [-0.2, 0) is 11.3 Å². The van der Waals surface area contributed by atoms with Crippen LogP contribution < -0.4 is 15.1 Å². The van der Waals surface area contributed by atoms with Gasteiger partial charge in [-0.2, -0.15) is 0 Å². The monoisotopic (exact) mass is 499 g/mol. The van der Waals surface area contributed by atoms with E-state index >= 15 is 4.39 Å². The van der Waals surface area contributed by atoms with Crippen LogP contribution in [0.2, 0.25) is 0 Å². The van der Waals surface area contributed by atoms with Crippen LogP contribution in [0, 0.1) is 19.3 Å². The van der Waals surface area contributed by atoms with Crippen molar-refractivity contribution < 1.29 is 14.0 Å². The molecule has 1 N–H and O–H groups in total. The van der Waals surface area contributed by atoms with Crippen LogP contribution in [0.3, 0.4) is 0 Å². The van der Waals surface area contributed by atoms with Crippen molar-refractivity contribution >= 4 is 46.2 Å². The summed E-state index contributed by atoms with van der Waals surface area (Å²) >= 11 is 5.76. The number of hydrogen-bond donors (Lipinski definition) is 1. The fourth-order valence-electron chi connectivity index (χ4n) is 4.71. The highest BCUT2D eigenvalue weighted by Crippen LogP contribution is 2.48. The molecule has 2 aliphatic rings. The fourth-order valence-corrected chi connectivity index (χ4v) is 5.17. The minimum absolute atomic E-state index is 0.00711. The molecule has 180 valence electrons. The minimum atomic E-state index is -0.841. The summed E-state index contributed by atoms with van der Waals surface area (Å²) in [7, 11) is 0. The van der Waals surface area contributed by atoms with Gasteiger partial charge in [-0.1, -0.05) is 12.1 Å². The van der Waals surface area contributed by atoms with E-state index in [1.165, 1.54) is 17.2 Å². The number of aromatic nitrogens is 1. The van der Waals surface area contributed by atoms with Crippen molar-refractivity contribution in [1.82, 2.24) is 10.3 Å². The summed E-state index contributed by atoms with van der Waals surface area (Å²) in [5.74, 6) is -0.983. The number of hydrogen-bond acceptors (Lipinski definition) is 4. The standard InChI is InChI=1S/C27H22FN5O2S/c1-17-13-20(8-9-23(17)29-2)32-25(35)27(10-4-11-27)33(26(32)36)21-7-6-18(22(28)14-21)16-31-24(34)19-5-3-12-30-15-19/h3,5-9,12-15H,4,10-11,16H2,1H3,(H,31,34). The number of pyridine rings is 1. The number of aryl methyl sites for hydroxylation is 1. The molecule has 2 fully saturated rings. The minimum Gasteiger partial charge on any atom is -0.348 e. The van der Waals surface area contributed by atoms with E-state index in [1.54, 1.807) is 53.6 Å². The Morgan fingerprint density at radius 2 is 2.00 bits per heavy atom. The molecule has 1 aliphatic heterocycles. The summed E-state index contributed by atoms with van der Waals surface area (Å²) in [4.78, 5) is 36.6. The molecule has 0 bridgehead atoms. The van der Waals surface area contributed by atoms with Crippen LogP contribution in [0.15, 0.2) is 60.9 Å². The van der Waals surface area contributed by atoms with Gasteiger partial charge in [0.05, 0.1) is 12.1 Å². The van der Waals surface area contributed by atoms with Crippen molar-refractivity contribution in [3.63, 3.8) is 0 Å². The van der Waals surface area contributed by atoms with Gasteiger partial charge >= 0.3 is 0 Å². The third-order valence-corrected chi connectivity index (χ3v) is 7.17. The summed E-state index contributed by atoms with van der Waals surface area (Å²) in [6, 6.07) is 13.2. The lowest BCUT2D eigenvalue weighted by Gasteiger charge is -2.43. The van der Waals surface area contributed by atoms with Gasteiger partial charge in [0, 0.05) is 35.9 Å². The summed E-state index contributed by atoms with van der Waals surface area (Å²) in [5, 5.41) is 2.98. The van der Waals surface area contributed by atoms with Gasteiger partial charge in [0.15, 0.2) is 10.8 Å². The number of rotatable bonds is 5. The molecule has 1 saturated heterocycles. The first-order valence-electron chi connectivity index (χ1n) is 11.5. The van der Waals surface area contributed by atoms with E-state index < -0.39 is 11.4 Å². The molecule has 0 radical (unpaired) electrons. The van der Waals surface area contributed by atoms with Crippen LogP contribution in [0.25, 0.3) is 4.85 Å². The van der Waals surface area contributed by atoms with Crippen LogP contribution in [-0.4, -0.2) is 27.4 Å². The van der Waals surface area contributed by atoms with Crippen molar-refractivity contribution in [1.29, 1.82) is 0 Å². The molecule has 1 spiro atoms. The zero-order valence-electron chi connectivity index (χ0n) is 19.5. The normalized spacial score (nSPS) is 16.1. The van der Waals surface area contributed by atoms with Crippen LogP contribution in [0.1, 0.15) is 40.7 Å². The average molecular weight is 500 g/mol. The predicted molar refractivity (Wildman–Crippen MR) is 138 cm³/mol. The number of carbonyl (C=O) groups excluding carboxylic acids is 2. The second-order valence-electron chi connectivity index (χ2n) is 8.93.